The second kappa shape index (κ2) is 11.1. The molecule has 0 saturated heterocycles. The number of fused-ring (bicyclic) bond motifs is 1. The number of amides is 1. The van der Waals surface area contributed by atoms with Crippen molar-refractivity contribution in [1.82, 2.24) is 15.1 Å². The zero-order chi connectivity index (χ0) is 26.6. The standard InChI is InChI=1S/C30H27ClN4O3/c31-27-14-13-25(30(38)34-24-11-5-19(6-12-24)15-28(36)37)29-26(27)17-33-35(29)18-21-3-9-23(10-4-21)22-7-1-20(16-32)2-8-22/h1-4,7-10,13-14,17,19,24H,5-6,11-12,15,18H2,(H,34,38)(H,36,37). The molecular formula is C30H27ClN4O3. The Bertz CT molecular complexity index is 1510. The van der Waals surface area contributed by atoms with Crippen LogP contribution in [0.2, 0.25) is 5.02 Å². The number of halogens is 1. The fourth-order valence-electron chi connectivity index (χ4n) is 5.21. The van der Waals surface area contributed by atoms with Crippen LogP contribution in [-0.2, 0) is 11.3 Å². The van der Waals surface area contributed by atoms with E-state index in [4.69, 9.17) is 22.0 Å². The molecule has 0 bridgehead atoms. The predicted molar refractivity (Wildman–Crippen MR) is 146 cm³/mol. The minimum atomic E-state index is -0.766. The van der Waals surface area contributed by atoms with Gasteiger partial charge < -0.3 is 10.4 Å². The summed E-state index contributed by atoms with van der Waals surface area (Å²) in [5.41, 5.74) is 4.93. The van der Waals surface area contributed by atoms with Crippen LogP contribution in [0.15, 0.2) is 66.9 Å². The van der Waals surface area contributed by atoms with Gasteiger partial charge in [-0.2, -0.15) is 10.4 Å². The summed E-state index contributed by atoms with van der Waals surface area (Å²) < 4.78 is 1.80. The maximum atomic E-state index is 13.3. The van der Waals surface area contributed by atoms with Gasteiger partial charge in [-0.1, -0.05) is 48.0 Å². The first-order valence-electron chi connectivity index (χ1n) is 12.7. The lowest BCUT2D eigenvalue weighted by Gasteiger charge is -2.28. The molecule has 4 aromatic rings. The summed E-state index contributed by atoms with van der Waals surface area (Å²) in [6.45, 7) is 0.470. The highest BCUT2D eigenvalue weighted by Gasteiger charge is 2.25. The van der Waals surface area contributed by atoms with E-state index in [-0.39, 0.29) is 24.3 Å². The van der Waals surface area contributed by atoms with Gasteiger partial charge in [0.25, 0.3) is 5.91 Å². The molecule has 1 fully saturated rings. The van der Waals surface area contributed by atoms with Crippen LogP contribution in [0.4, 0.5) is 0 Å². The first-order chi connectivity index (χ1) is 18.4. The number of nitriles is 1. The Hall–Kier alpha value is -4.15. The van der Waals surface area contributed by atoms with Crippen molar-refractivity contribution in [2.45, 2.75) is 44.7 Å². The van der Waals surface area contributed by atoms with Crippen LogP contribution >= 0.6 is 11.6 Å². The largest absolute Gasteiger partial charge is 0.481 e. The average molecular weight is 527 g/mol. The van der Waals surface area contributed by atoms with E-state index in [1.54, 1.807) is 35.1 Å². The highest BCUT2D eigenvalue weighted by molar-refractivity contribution is 6.36. The van der Waals surface area contributed by atoms with E-state index in [9.17, 15) is 9.59 Å². The summed E-state index contributed by atoms with van der Waals surface area (Å²) in [4.78, 5) is 24.3. The fourth-order valence-corrected chi connectivity index (χ4v) is 5.41. The molecule has 1 amide bonds. The molecule has 1 aliphatic carbocycles. The van der Waals surface area contributed by atoms with Gasteiger partial charge >= 0.3 is 5.97 Å². The number of carboxylic acids is 1. The molecule has 0 unspecified atom stereocenters. The zero-order valence-electron chi connectivity index (χ0n) is 20.7. The van der Waals surface area contributed by atoms with Crippen molar-refractivity contribution in [3.8, 4) is 17.2 Å². The van der Waals surface area contributed by atoms with Gasteiger partial charge in [-0.05, 0) is 72.6 Å². The summed E-state index contributed by atoms with van der Waals surface area (Å²) in [5, 5.41) is 27.0. The summed E-state index contributed by atoms with van der Waals surface area (Å²) >= 11 is 6.46. The Kier molecular flexibility index (Phi) is 7.43. The van der Waals surface area contributed by atoms with Gasteiger partial charge in [0.1, 0.15) is 0 Å². The lowest BCUT2D eigenvalue weighted by atomic mass is 9.84. The van der Waals surface area contributed by atoms with Crippen molar-refractivity contribution in [1.29, 1.82) is 5.26 Å². The lowest BCUT2D eigenvalue weighted by molar-refractivity contribution is -0.138. The molecule has 1 saturated carbocycles. The van der Waals surface area contributed by atoms with Crippen molar-refractivity contribution >= 4 is 34.4 Å². The van der Waals surface area contributed by atoms with Crippen LogP contribution in [-0.4, -0.2) is 32.8 Å². The Morgan fingerprint density at radius 3 is 2.29 bits per heavy atom. The van der Waals surface area contributed by atoms with Gasteiger partial charge in [0.05, 0.1) is 40.5 Å². The van der Waals surface area contributed by atoms with Crippen LogP contribution in [0.25, 0.3) is 22.0 Å². The first kappa shape index (κ1) is 25.5. The predicted octanol–water partition coefficient (Wildman–Crippen LogP) is 6.04. The van der Waals surface area contributed by atoms with E-state index in [0.29, 0.717) is 28.2 Å². The number of nitrogens with one attached hydrogen (secondary N) is 1. The lowest BCUT2D eigenvalue weighted by Crippen LogP contribution is -2.38. The smallest absolute Gasteiger partial charge is 0.303 e. The Morgan fingerprint density at radius 1 is 1.00 bits per heavy atom. The van der Waals surface area contributed by atoms with Crippen LogP contribution in [0.3, 0.4) is 0 Å². The highest BCUT2D eigenvalue weighted by atomic mass is 35.5. The number of hydrogen-bond donors (Lipinski definition) is 2. The third-order valence-electron chi connectivity index (χ3n) is 7.27. The van der Waals surface area contributed by atoms with E-state index in [1.807, 2.05) is 36.4 Å². The molecule has 0 radical (unpaired) electrons. The number of nitrogens with zero attached hydrogens (tertiary/aromatic N) is 3. The molecule has 7 nitrogen and oxygen atoms in total. The first-order valence-corrected chi connectivity index (χ1v) is 13.0. The van der Waals surface area contributed by atoms with Gasteiger partial charge in [-0.25, -0.2) is 0 Å². The molecule has 38 heavy (non-hydrogen) atoms. The number of hydrogen-bond acceptors (Lipinski definition) is 4. The molecule has 1 aromatic heterocycles. The molecule has 0 atom stereocenters. The van der Waals surface area contributed by atoms with Gasteiger partial charge in [-0.15, -0.1) is 0 Å². The molecular weight excluding hydrogens is 500 g/mol. The molecule has 5 rings (SSSR count). The zero-order valence-corrected chi connectivity index (χ0v) is 21.5. The van der Waals surface area contributed by atoms with Crippen LogP contribution < -0.4 is 5.32 Å². The second-order valence-corrected chi connectivity index (χ2v) is 10.2. The second-order valence-electron chi connectivity index (χ2n) is 9.83. The quantitative estimate of drug-likeness (QED) is 0.305. The summed E-state index contributed by atoms with van der Waals surface area (Å²) in [5.74, 6) is -0.767. The van der Waals surface area contributed by atoms with Gasteiger partial charge in [-0.3, -0.25) is 14.3 Å². The molecule has 192 valence electrons. The Morgan fingerprint density at radius 2 is 1.66 bits per heavy atom. The number of carbonyl (C=O) groups excluding carboxylic acids is 1. The number of benzene rings is 3. The van der Waals surface area contributed by atoms with E-state index in [2.05, 4.69) is 16.5 Å². The summed E-state index contributed by atoms with van der Waals surface area (Å²) in [6.07, 6.45) is 5.01. The summed E-state index contributed by atoms with van der Waals surface area (Å²) in [7, 11) is 0. The van der Waals surface area contributed by atoms with E-state index in [1.165, 1.54) is 0 Å². The third kappa shape index (κ3) is 5.56. The third-order valence-corrected chi connectivity index (χ3v) is 7.60. The molecule has 3 aromatic carbocycles. The van der Waals surface area contributed by atoms with E-state index in [0.717, 1.165) is 47.8 Å². The molecule has 1 aliphatic rings. The van der Waals surface area contributed by atoms with Crippen molar-refractivity contribution in [2.75, 3.05) is 0 Å². The highest BCUT2D eigenvalue weighted by Crippen LogP contribution is 2.30. The Balaban J connectivity index is 1.33. The topological polar surface area (TPSA) is 108 Å². The number of aliphatic carboxylic acids is 1. The maximum Gasteiger partial charge on any atom is 0.303 e. The van der Waals surface area contributed by atoms with Crippen molar-refractivity contribution in [2.24, 2.45) is 5.92 Å². The normalized spacial score (nSPS) is 17.2. The Labute approximate surface area is 225 Å². The van der Waals surface area contributed by atoms with E-state index < -0.39 is 5.97 Å². The number of aromatic nitrogens is 2. The molecule has 2 N–H and O–H groups in total. The van der Waals surface area contributed by atoms with Crippen LogP contribution in [0.1, 0.15) is 53.6 Å². The maximum absolute atomic E-state index is 13.3. The molecule has 0 aliphatic heterocycles. The minimum Gasteiger partial charge on any atom is -0.481 e. The number of carbonyl (C=O) groups is 2. The molecule has 1 heterocycles. The van der Waals surface area contributed by atoms with Crippen molar-refractivity contribution < 1.29 is 14.7 Å². The van der Waals surface area contributed by atoms with Crippen molar-refractivity contribution in [3.63, 3.8) is 0 Å². The SMILES string of the molecule is N#Cc1ccc(-c2ccc(Cn3ncc4c(Cl)ccc(C(=O)NC5CCC(CC(=O)O)CC5)c43)cc2)cc1. The number of carboxylic acid groups (broad SMARTS) is 1. The summed E-state index contributed by atoms with van der Waals surface area (Å²) in [6, 6.07) is 21.2. The van der Waals surface area contributed by atoms with Gasteiger partial charge in [0.2, 0.25) is 0 Å². The minimum absolute atomic E-state index is 0.0180. The molecule has 8 heteroatoms. The van der Waals surface area contributed by atoms with Crippen LogP contribution in [0, 0.1) is 17.2 Å². The van der Waals surface area contributed by atoms with Crippen LogP contribution in [0.5, 0.6) is 0 Å². The average Bonchev–Trinajstić information content (AvgIpc) is 3.34. The number of rotatable bonds is 7. The van der Waals surface area contributed by atoms with Crippen molar-refractivity contribution in [3.05, 3.63) is 88.6 Å². The fraction of sp³-hybridized carbons (Fsp3) is 0.267. The monoisotopic (exact) mass is 526 g/mol. The van der Waals surface area contributed by atoms with Gasteiger partial charge in [0, 0.05) is 17.8 Å². The van der Waals surface area contributed by atoms with E-state index >= 15 is 0 Å². The molecule has 0 spiro atoms. The van der Waals surface area contributed by atoms with Gasteiger partial charge in [0.15, 0.2) is 0 Å².